The molecule has 0 radical (unpaired) electrons. The summed E-state index contributed by atoms with van der Waals surface area (Å²) in [5.41, 5.74) is 0. The van der Waals surface area contributed by atoms with E-state index in [0.717, 1.165) is 19.3 Å². The van der Waals surface area contributed by atoms with Crippen molar-refractivity contribution in [3.63, 3.8) is 0 Å². The summed E-state index contributed by atoms with van der Waals surface area (Å²) in [4.78, 5) is 10.9. The fraction of sp³-hybridized carbons (Fsp3) is 0.737. The lowest BCUT2D eigenvalue weighted by Crippen LogP contribution is -1.98. The zero-order valence-electron chi connectivity index (χ0n) is 14.1. The Bertz CT molecular complexity index is 279. The molecule has 0 aromatic carbocycles. The molecule has 2 heteroatoms. The van der Waals surface area contributed by atoms with Gasteiger partial charge in [-0.05, 0) is 38.5 Å². The van der Waals surface area contributed by atoms with Gasteiger partial charge in [0.25, 0.3) is 0 Å². The van der Waals surface area contributed by atoms with Crippen LogP contribution in [0.15, 0.2) is 24.3 Å². The maximum absolute atomic E-state index is 10.9. The second-order valence-corrected chi connectivity index (χ2v) is 5.56. The van der Waals surface area contributed by atoms with Gasteiger partial charge in [-0.1, -0.05) is 63.3 Å². The summed E-state index contributed by atoms with van der Waals surface area (Å²) in [6.45, 7) is 2.24. The SMILES string of the molecule is CCCCCC=CC/C=C\CCCCCCCC(=O)OC. The van der Waals surface area contributed by atoms with Crippen LogP contribution in [0.5, 0.6) is 0 Å². The van der Waals surface area contributed by atoms with E-state index in [1.54, 1.807) is 0 Å². The van der Waals surface area contributed by atoms with Crippen LogP contribution in [-0.4, -0.2) is 13.1 Å². The number of carbonyl (C=O) groups excluding carboxylic acids is 1. The maximum Gasteiger partial charge on any atom is 0.305 e. The Balaban J connectivity index is 3.20. The first-order valence-electron chi connectivity index (χ1n) is 8.68. The highest BCUT2D eigenvalue weighted by atomic mass is 16.5. The minimum absolute atomic E-state index is 0.0827. The van der Waals surface area contributed by atoms with E-state index in [2.05, 4.69) is 36.0 Å². The fourth-order valence-corrected chi connectivity index (χ4v) is 2.18. The molecule has 0 rings (SSSR count). The largest absolute Gasteiger partial charge is 0.469 e. The van der Waals surface area contributed by atoms with Crippen molar-refractivity contribution in [3.05, 3.63) is 24.3 Å². The van der Waals surface area contributed by atoms with E-state index in [-0.39, 0.29) is 5.97 Å². The quantitative estimate of drug-likeness (QED) is 0.224. The van der Waals surface area contributed by atoms with Crippen LogP contribution in [0.4, 0.5) is 0 Å². The molecule has 0 fully saturated rings. The molecule has 122 valence electrons. The predicted octanol–water partition coefficient (Wildman–Crippen LogP) is 5.97. The molecule has 0 aromatic rings. The van der Waals surface area contributed by atoms with Gasteiger partial charge in [0.05, 0.1) is 7.11 Å². The van der Waals surface area contributed by atoms with Crippen molar-refractivity contribution in [3.8, 4) is 0 Å². The van der Waals surface area contributed by atoms with Crippen molar-refractivity contribution < 1.29 is 9.53 Å². The maximum atomic E-state index is 10.9. The van der Waals surface area contributed by atoms with Crippen LogP contribution in [0.25, 0.3) is 0 Å². The number of hydrogen-bond donors (Lipinski definition) is 0. The van der Waals surface area contributed by atoms with Crippen LogP contribution < -0.4 is 0 Å². The molecule has 0 aromatic heterocycles. The van der Waals surface area contributed by atoms with Gasteiger partial charge in [-0.15, -0.1) is 0 Å². The van der Waals surface area contributed by atoms with Gasteiger partial charge in [0, 0.05) is 6.42 Å². The lowest BCUT2D eigenvalue weighted by molar-refractivity contribution is -0.140. The van der Waals surface area contributed by atoms with Crippen molar-refractivity contribution in [2.45, 2.75) is 84.0 Å². The van der Waals surface area contributed by atoms with Gasteiger partial charge in [-0.25, -0.2) is 0 Å². The van der Waals surface area contributed by atoms with Gasteiger partial charge < -0.3 is 4.74 Å². The normalized spacial score (nSPS) is 11.5. The van der Waals surface area contributed by atoms with Crippen molar-refractivity contribution in [2.24, 2.45) is 0 Å². The number of hydrogen-bond acceptors (Lipinski definition) is 2. The molecule has 0 amide bonds. The number of rotatable bonds is 14. The number of ether oxygens (including phenoxy) is 1. The van der Waals surface area contributed by atoms with E-state index in [1.807, 2.05) is 0 Å². The molecule has 0 saturated carbocycles. The zero-order chi connectivity index (χ0) is 15.6. The number of unbranched alkanes of at least 4 members (excludes halogenated alkanes) is 8. The van der Waals surface area contributed by atoms with E-state index >= 15 is 0 Å². The molecular weight excluding hydrogens is 260 g/mol. The third-order valence-electron chi connectivity index (χ3n) is 3.56. The summed E-state index contributed by atoms with van der Waals surface area (Å²) in [5.74, 6) is -0.0827. The van der Waals surface area contributed by atoms with Gasteiger partial charge in [0.2, 0.25) is 0 Å². The van der Waals surface area contributed by atoms with Gasteiger partial charge in [-0.2, -0.15) is 0 Å². The summed E-state index contributed by atoms with van der Waals surface area (Å²) in [7, 11) is 1.45. The topological polar surface area (TPSA) is 26.3 Å². The molecule has 0 bridgehead atoms. The van der Waals surface area contributed by atoms with E-state index < -0.39 is 0 Å². The second kappa shape index (κ2) is 17.0. The predicted molar refractivity (Wildman–Crippen MR) is 91.4 cm³/mol. The highest BCUT2D eigenvalue weighted by molar-refractivity contribution is 5.68. The Hall–Kier alpha value is -1.05. The first-order valence-corrected chi connectivity index (χ1v) is 8.68. The smallest absolute Gasteiger partial charge is 0.305 e. The first-order chi connectivity index (χ1) is 10.3. The Morgan fingerprint density at radius 2 is 1.38 bits per heavy atom. The molecule has 0 unspecified atom stereocenters. The van der Waals surface area contributed by atoms with Crippen LogP contribution in [0.3, 0.4) is 0 Å². The summed E-state index contributed by atoms with van der Waals surface area (Å²) in [6.07, 6.45) is 23.0. The van der Waals surface area contributed by atoms with E-state index in [9.17, 15) is 4.79 Å². The zero-order valence-corrected chi connectivity index (χ0v) is 14.1. The summed E-state index contributed by atoms with van der Waals surface area (Å²) in [6, 6.07) is 0. The molecule has 2 nitrogen and oxygen atoms in total. The van der Waals surface area contributed by atoms with Gasteiger partial charge in [0.1, 0.15) is 0 Å². The number of allylic oxidation sites excluding steroid dienone is 4. The first kappa shape index (κ1) is 19.9. The summed E-state index contributed by atoms with van der Waals surface area (Å²) in [5, 5.41) is 0. The van der Waals surface area contributed by atoms with E-state index in [1.165, 1.54) is 58.5 Å². The van der Waals surface area contributed by atoms with Crippen molar-refractivity contribution in [1.82, 2.24) is 0 Å². The minimum Gasteiger partial charge on any atom is -0.469 e. The van der Waals surface area contributed by atoms with Gasteiger partial charge in [-0.3, -0.25) is 4.79 Å². The standard InChI is InChI=1S/C19H34O2/c1-3-4-5-6-7-8-9-10-11-12-13-14-15-16-17-18-19(20)21-2/h7-8,10-11H,3-6,9,12-18H2,1-2H3/b8-7?,11-10-. The molecule has 0 heterocycles. The third-order valence-corrected chi connectivity index (χ3v) is 3.56. The van der Waals surface area contributed by atoms with Crippen molar-refractivity contribution in [1.29, 1.82) is 0 Å². The Labute approximate surface area is 131 Å². The monoisotopic (exact) mass is 294 g/mol. The molecule has 0 aliphatic rings. The molecule has 0 spiro atoms. The lowest BCUT2D eigenvalue weighted by Gasteiger charge is -1.99. The average molecular weight is 294 g/mol. The third kappa shape index (κ3) is 16.9. The van der Waals surface area contributed by atoms with Crippen LogP contribution >= 0.6 is 0 Å². The molecule has 0 aliphatic carbocycles. The molecule has 21 heavy (non-hydrogen) atoms. The Morgan fingerprint density at radius 1 is 0.810 bits per heavy atom. The van der Waals surface area contributed by atoms with E-state index in [4.69, 9.17) is 0 Å². The number of methoxy groups -OCH3 is 1. The summed E-state index contributed by atoms with van der Waals surface area (Å²) < 4.78 is 4.62. The van der Waals surface area contributed by atoms with Crippen LogP contribution in [0, 0.1) is 0 Å². The fourth-order valence-electron chi connectivity index (χ4n) is 2.18. The van der Waals surface area contributed by atoms with Crippen LogP contribution in [0.2, 0.25) is 0 Å². The second-order valence-electron chi connectivity index (χ2n) is 5.56. The molecule has 0 N–H and O–H groups in total. The number of carbonyl (C=O) groups is 1. The van der Waals surface area contributed by atoms with Crippen LogP contribution in [0.1, 0.15) is 84.0 Å². The van der Waals surface area contributed by atoms with Crippen molar-refractivity contribution >= 4 is 5.97 Å². The minimum atomic E-state index is -0.0827. The van der Waals surface area contributed by atoms with Gasteiger partial charge >= 0.3 is 5.97 Å². The Morgan fingerprint density at radius 3 is 2.00 bits per heavy atom. The average Bonchev–Trinajstić information content (AvgIpc) is 2.50. The highest BCUT2D eigenvalue weighted by Crippen LogP contribution is 2.08. The highest BCUT2D eigenvalue weighted by Gasteiger charge is 1.98. The molecular formula is C19H34O2. The van der Waals surface area contributed by atoms with E-state index in [0.29, 0.717) is 6.42 Å². The summed E-state index contributed by atoms with van der Waals surface area (Å²) >= 11 is 0. The molecule has 0 aliphatic heterocycles. The van der Waals surface area contributed by atoms with Crippen molar-refractivity contribution in [2.75, 3.05) is 7.11 Å². The Kier molecular flexibility index (Phi) is 16.2. The lowest BCUT2D eigenvalue weighted by atomic mass is 10.1. The van der Waals surface area contributed by atoms with Gasteiger partial charge in [0.15, 0.2) is 0 Å². The number of esters is 1. The van der Waals surface area contributed by atoms with Crippen LogP contribution in [-0.2, 0) is 9.53 Å². The molecule has 0 atom stereocenters. The molecule has 0 saturated heterocycles.